The van der Waals surface area contributed by atoms with Crippen LogP contribution in [0.1, 0.15) is 24.3 Å². The number of carbonyl (C=O) groups excluding carboxylic acids is 2. The highest BCUT2D eigenvalue weighted by Crippen LogP contribution is 2.40. The van der Waals surface area contributed by atoms with Gasteiger partial charge in [0.25, 0.3) is 0 Å². The highest BCUT2D eigenvalue weighted by Gasteiger charge is 2.23. The minimum atomic E-state index is -0.623. The van der Waals surface area contributed by atoms with Crippen molar-refractivity contribution in [2.24, 2.45) is 0 Å². The Morgan fingerprint density at radius 2 is 1.80 bits per heavy atom. The first-order chi connectivity index (χ1) is 9.63. The molecule has 0 unspecified atom stereocenters. The Balaban J connectivity index is 2.11. The lowest BCUT2D eigenvalue weighted by atomic mass is 10.1. The molecule has 1 aromatic carbocycles. The predicted molar refractivity (Wildman–Crippen MR) is 74.2 cm³/mol. The van der Waals surface area contributed by atoms with Gasteiger partial charge in [-0.15, -0.1) is 0 Å². The fourth-order valence-corrected chi connectivity index (χ4v) is 1.84. The Morgan fingerprint density at radius 3 is 2.30 bits per heavy atom. The minimum Gasteiger partial charge on any atom is -0.466 e. The molecule has 0 aliphatic heterocycles. The molecule has 1 aliphatic carbocycles. The number of hydrogen-bond acceptors (Lipinski definition) is 5. The molecule has 1 aromatic rings. The van der Waals surface area contributed by atoms with Gasteiger partial charge in [0, 0.05) is 5.69 Å². The number of anilines is 1. The topological polar surface area (TPSA) is 64.6 Å². The number of benzene rings is 1. The summed E-state index contributed by atoms with van der Waals surface area (Å²) < 4.78 is 9.13. The summed E-state index contributed by atoms with van der Waals surface area (Å²) >= 11 is 0. The van der Waals surface area contributed by atoms with Crippen LogP contribution in [-0.2, 0) is 19.1 Å². The van der Waals surface area contributed by atoms with E-state index in [9.17, 15) is 9.59 Å². The maximum atomic E-state index is 11.6. The van der Waals surface area contributed by atoms with Crippen molar-refractivity contribution in [3.63, 3.8) is 0 Å². The van der Waals surface area contributed by atoms with Gasteiger partial charge >= 0.3 is 11.9 Å². The molecular weight excluding hydrogens is 258 g/mol. The van der Waals surface area contributed by atoms with Gasteiger partial charge in [-0.2, -0.15) is 0 Å². The highest BCUT2D eigenvalue weighted by atomic mass is 16.5. The van der Waals surface area contributed by atoms with Gasteiger partial charge in [-0.05, 0) is 36.5 Å². The molecule has 0 atom stereocenters. The lowest BCUT2D eigenvalue weighted by molar-refractivity contribution is -0.138. The third-order valence-corrected chi connectivity index (χ3v) is 3.11. The normalized spacial score (nSPS) is 14.6. The summed E-state index contributed by atoms with van der Waals surface area (Å²) in [5.41, 5.74) is 2.06. The van der Waals surface area contributed by atoms with E-state index >= 15 is 0 Å². The quantitative estimate of drug-likeness (QED) is 0.659. The van der Waals surface area contributed by atoms with Crippen molar-refractivity contribution in [2.75, 3.05) is 19.5 Å². The molecule has 1 saturated carbocycles. The average Bonchev–Trinajstić information content (AvgIpc) is 3.31. The Morgan fingerprint density at radius 1 is 1.15 bits per heavy atom. The van der Waals surface area contributed by atoms with Gasteiger partial charge in [-0.25, -0.2) is 9.59 Å². The summed E-state index contributed by atoms with van der Waals surface area (Å²) in [4.78, 5) is 22.8. The molecule has 0 aromatic heterocycles. The van der Waals surface area contributed by atoms with E-state index in [2.05, 4.69) is 14.8 Å². The smallest absolute Gasteiger partial charge is 0.354 e. The Hall–Kier alpha value is -2.30. The van der Waals surface area contributed by atoms with Crippen molar-refractivity contribution >= 4 is 17.6 Å². The molecule has 5 nitrogen and oxygen atoms in total. The van der Waals surface area contributed by atoms with Crippen LogP contribution in [0.15, 0.2) is 36.0 Å². The van der Waals surface area contributed by atoms with Crippen LogP contribution in [0.2, 0.25) is 0 Å². The Bertz CT molecular complexity index is 529. The molecule has 20 heavy (non-hydrogen) atoms. The number of ether oxygens (including phenoxy) is 2. The molecule has 106 valence electrons. The fraction of sp³-hybridized carbons (Fsp3) is 0.333. The lowest BCUT2D eigenvalue weighted by Crippen LogP contribution is -2.15. The van der Waals surface area contributed by atoms with Crippen LogP contribution in [-0.4, -0.2) is 26.2 Å². The molecule has 0 heterocycles. The molecule has 0 bridgehead atoms. The van der Waals surface area contributed by atoms with Crippen molar-refractivity contribution in [1.29, 1.82) is 0 Å². The molecule has 0 radical (unpaired) electrons. The lowest BCUT2D eigenvalue weighted by Gasteiger charge is -2.09. The first kappa shape index (κ1) is 14.1. The SMILES string of the molecule is COC(=O)/C=C(/Nc1ccc(C2CC2)cc1)C(=O)OC. The number of carbonyl (C=O) groups is 2. The first-order valence-electron chi connectivity index (χ1n) is 6.39. The summed E-state index contributed by atoms with van der Waals surface area (Å²) in [7, 11) is 2.50. The monoisotopic (exact) mass is 275 g/mol. The van der Waals surface area contributed by atoms with Crippen molar-refractivity contribution < 1.29 is 19.1 Å². The number of methoxy groups -OCH3 is 2. The van der Waals surface area contributed by atoms with E-state index in [1.54, 1.807) is 0 Å². The van der Waals surface area contributed by atoms with E-state index in [4.69, 9.17) is 0 Å². The van der Waals surface area contributed by atoms with Crippen molar-refractivity contribution in [3.8, 4) is 0 Å². The van der Waals surface area contributed by atoms with Crippen molar-refractivity contribution in [2.45, 2.75) is 18.8 Å². The molecule has 0 spiro atoms. The second-order valence-electron chi connectivity index (χ2n) is 4.59. The summed E-state index contributed by atoms with van der Waals surface area (Å²) in [6.07, 6.45) is 3.55. The second-order valence-corrected chi connectivity index (χ2v) is 4.59. The summed E-state index contributed by atoms with van der Waals surface area (Å²) in [5, 5.41) is 2.87. The molecule has 1 fully saturated rings. The summed E-state index contributed by atoms with van der Waals surface area (Å²) in [5.74, 6) is -0.566. The van der Waals surface area contributed by atoms with E-state index in [0.717, 1.165) is 11.8 Å². The van der Waals surface area contributed by atoms with Gasteiger partial charge in [0.1, 0.15) is 5.70 Å². The third-order valence-electron chi connectivity index (χ3n) is 3.11. The van der Waals surface area contributed by atoms with Crippen LogP contribution < -0.4 is 5.32 Å². The van der Waals surface area contributed by atoms with Crippen molar-refractivity contribution in [1.82, 2.24) is 0 Å². The maximum absolute atomic E-state index is 11.6. The van der Waals surface area contributed by atoms with Crippen LogP contribution in [0.3, 0.4) is 0 Å². The number of esters is 2. The molecule has 1 N–H and O–H groups in total. The molecule has 0 amide bonds. The predicted octanol–water partition coefficient (Wildman–Crippen LogP) is 2.21. The zero-order valence-corrected chi connectivity index (χ0v) is 11.5. The Kier molecular flexibility index (Phi) is 4.40. The van der Waals surface area contributed by atoms with Gasteiger partial charge in [0.2, 0.25) is 0 Å². The molecule has 2 rings (SSSR count). The van der Waals surface area contributed by atoms with Crippen LogP contribution in [0, 0.1) is 0 Å². The molecule has 1 aliphatic rings. The molecule has 5 heteroatoms. The standard InChI is InChI=1S/C15H17NO4/c1-19-14(17)9-13(15(18)20-2)16-12-7-5-11(6-8-12)10-3-4-10/h5-10,16H,3-4H2,1-2H3/b13-9+. The summed E-state index contributed by atoms with van der Waals surface area (Å²) in [6, 6.07) is 7.80. The van der Waals surface area contributed by atoms with Gasteiger partial charge < -0.3 is 14.8 Å². The second kappa shape index (κ2) is 6.23. The van der Waals surface area contributed by atoms with E-state index < -0.39 is 11.9 Å². The van der Waals surface area contributed by atoms with Gasteiger partial charge in [-0.1, -0.05) is 12.1 Å². The highest BCUT2D eigenvalue weighted by molar-refractivity contribution is 5.98. The van der Waals surface area contributed by atoms with Gasteiger partial charge in [-0.3, -0.25) is 0 Å². The van der Waals surface area contributed by atoms with Crippen LogP contribution in [0.5, 0.6) is 0 Å². The number of hydrogen-bond donors (Lipinski definition) is 1. The fourth-order valence-electron chi connectivity index (χ4n) is 1.84. The largest absolute Gasteiger partial charge is 0.466 e. The van der Waals surface area contributed by atoms with Gasteiger partial charge in [0.05, 0.1) is 20.3 Å². The molecular formula is C15H17NO4. The van der Waals surface area contributed by atoms with Gasteiger partial charge in [0.15, 0.2) is 0 Å². The van der Waals surface area contributed by atoms with E-state index in [1.807, 2.05) is 24.3 Å². The van der Waals surface area contributed by atoms with E-state index in [0.29, 0.717) is 5.92 Å². The maximum Gasteiger partial charge on any atom is 0.354 e. The number of rotatable bonds is 5. The zero-order chi connectivity index (χ0) is 14.5. The van der Waals surface area contributed by atoms with E-state index in [-0.39, 0.29) is 5.70 Å². The molecule has 0 saturated heterocycles. The van der Waals surface area contributed by atoms with Crippen molar-refractivity contribution in [3.05, 3.63) is 41.6 Å². The van der Waals surface area contributed by atoms with Crippen LogP contribution >= 0.6 is 0 Å². The Labute approximate surface area is 117 Å². The van der Waals surface area contributed by atoms with E-state index in [1.165, 1.54) is 32.6 Å². The number of nitrogens with one attached hydrogen (secondary N) is 1. The third kappa shape index (κ3) is 3.60. The average molecular weight is 275 g/mol. The zero-order valence-electron chi connectivity index (χ0n) is 11.5. The van der Waals surface area contributed by atoms with Crippen LogP contribution in [0.4, 0.5) is 5.69 Å². The van der Waals surface area contributed by atoms with Crippen LogP contribution in [0.25, 0.3) is 0 Å². The minimum absolute atomic E-state index is 0.0403. The first-order valence-corrected chi connectivity index (χ1v) is 6.39. The summed E-state index contributed by atoms with van der Waals surface area (Å²) in [6.45, 7) is 0.